The summed E-state index contributed by atoms with van der Waals surface area (Å²) in [6, 6.07) is 0. The lowest BCUT2D eigenvalue weighted by atomic mass is 10.1. The van der Waals surface area contributed by atoms with Crippen LogP contribution in [0.25, 0.3) is 0 Å². The van der Waals surface area contributed by atoms with Gasteiger partial charge < -0.3 is 4.43 Å². The predicted octanol–water partition coefficient (Wildman–Crippen LogP) is 5.74. The summed E-state index contributed by atoms with van der Waals surface area (Å²) in [6.45, 7) is 14.1. The molecule has 0 aromatic rings. The lowest BCUT2D eigenvalue weighted by Crippen LogP contribution is -2.44. The second-order valence-electron chi connectivity index (χ2n) is 6.45. The number of halogens is 2. The summed E-state index contributed by atoms with van der Waals surface area (Å²) in [7, 11) is -1.99. The normalized spacial score (nSPS) is 14.5. The quantitative estimate of drug-likeness (QED) is 0.563. The fraction of sp³-hybridized carbons (Fsp3) is 0.857. The van der Waals surface area contributed by atoms with E-state index in [-0.39, 0.29) is 10.6 Å². The van der Waals surface area contributed by atoms with E-state index >= 15 is 0 Å². The molecule has 0 N–H and O–H groups in total. The Bertz CT molecular complexity index is 289. The van der Waals surface area contributed by atoms with Crippen LogP contribution in [0.3, 0.4) is 0 Å². The topological polar surface area (TPSA) is 9.23 Å². The van der Waals surface area contributed by atoms with Crippen LogP contribution in [0.2, 0.25) is 18.1 Å². The highest BCUT2D eigenvalue weighted by atomic mass is 28.4. The SMILES string of the molecule is CCCCC(O[Si](C)(C)C(C)(C)C)C(C)=C(F)F. The highest BCUT2D eigenvalue weighted by Crippen LogP contribution is 2.39. The maximum Gasteiger partial charge on any atom is 0.271 e. The Balaban J connectivity index is 4.96. The van der Waals surface area contributed by atoms with Gasteiger partial charge in [-0.05, 0) is 31.5 Å². The van der Waals surface area contributed by atoms with Crippen molar-refractivity contribution in [1.82, 2.24) is 0 Å². The van der Waals surface area contributed by atoms with Gasteiger partial charge in [-0.3, -0.25) is 0 Å². The molecule has 0 bridgehead atoms. The Morgan fingerprint density at radius 3 is 2.06 bits per heavy atom. The summed E-state index contributed by atoms with van der Waals surface area (Å²) >= 11 is 0. The van der Waals surface area contributed by atoms with Gasteiger partial charge in [0.05, 0.1) is 6.10 Å². The highest BCUT2D eigenvalue weighted by Gasteiger charge is 2.39. The van der Waals surface area contributed by atoms with Crippen molar-refractivity contribution in [3.8, 4) is 0 Å². The molecule has 0 radical (unpaired) electrons. The molecular weight excluding hydrogens is 250 g/mol. The molecule has 0 aromatic heterocycles. The molecule has 4 heteroatoms. The van der Waals surface area contributed by atoms with Gasteiger partial charge in [0.2, 0.25) is 0 Å². The van der Waals surface area contributed by atoms with Gasteiger partial charge in [0.15, 0.2) is 8.32 Å². The molecule has 0 amide bonds. The van der Waals surface area contributed by atoms with E-state index in [0.29, 0.717) is 6.42 Å². The van der Waals surface area contributed by atoms with Crippen molar-refractivity contribution in [2.75, 3.05) is 0 Å². The van der Waals surface area contributed by atoms with E-state index < -0.39 is 20.5 Å². The van der Waals surface area contributed by atoms with Crippen LogP contribution < -0.4 is 0 Å². The molecule has 0 saturated heterocycles. The smallest absolute Gasteiger partial charge is 0.271 e. The molecule has 0 fully saturated rings. The lowest BCUT2D eigenvalue weighted by Gasteiger charge is -2.39. The fourth-order valence-electron chi connectivity index (χ4n) is 1.41. The Labute approximate surface area is 112 Å². The van der Waals surface area contributed by atoms with Crippen molar-refractivity contribution in [1.29, 1.82) is 0 Å². The zero-order chi connectivity index (χ0) is 14.6. The summed E-state index contributed by atoms with van der Waals surface area (Å²) < 4.78 is 31.7. The minimum atomic E-state index is -1.99. The van der Waals surface area contributed by atoms with Gasteiger partial charge in [-0.25, -0.2) is 0 Å². The first-order chi connectivity index (χ1) is 8.03. The number of unbranched alkanes of at least 4 members (excludes halogenated alkanes) is 1. The van der Waals surface area contributed by atoms with Crippen LogP contribution in [0, 0.1) is 0 Å². The van der Waals surface area contributed by atoms with Crippen molar-refractivity contribution >= 4 is 8.32 Å². The molecule has 0 heterocycles. The monoisotopic (exact) mass is 278 g/mol. The third kappa shape index (κ3) is 5.18. The Hall–Kier alpha value is -0.223. The van der Waals surface area contributed by atoms with Gasteiger partial charge >= 0.3 is 0 Å². The van der Waals surface area contributed by atoms with E-state index in [1.165, 1.54) is 6.92 Å². The van der Waals surface area contributed by atoms with Crippen LogP contribution in [0.5, 0.6) is 0 Å². The molecule has 0 rings (SSSR count). The van der Waals surface area contributed by atoms with Crippen LogP contribution in [0.15, 0.2) is 11.7 Å². The maximum absolute atomic E-state index is 12.8. The Morgan fingerprint density at radius 2 is 1.72 bits per heavy atom. The first kappa shape index (κ1) is 17.8. The Kier molecular flexibility index (Phi) is 6.72. The molecular formula is C14H28F2OSi. The molecule has 1 unspecified atom stereocenters. The minimum Gasteiger partial charge on any atom is -0.410 e. The van der Waals surface area contributed by atoms with E-state index in [0.717, 1.165) is 12.8 Å². The van der Waals surface area contributed by atoms with E-state index in [1.54, 1.807) is 0 Å². The maximum atomic E-state index is 12.8. The predicted molar refractivity (Wildman–Crippen MR) is 76.5 cm³/mol. The molecule has 0 aromatic carbocycles. The van der Waals surface area contributed by atoms with Gasteiger partial charge in [-0.1, -0.05) is 40.5 Å². The van der Waals surface area contributed by atoms with Gasteiger partial charge in [0, 0.05) is 5.57 Å². The molecule has 1 nitrogen and oxygen atoms in total. The first-order valence-corrected chi connectivity index (χ1v) is 9.63. The molecule has 18 heavy (non-hydrogen) atoms. The molecule has 1 atom stereocenters. The summed E-state index contributed by atoms with van der Waals surface area (Å²) in [4.78, 5) is 0. The summed E-state index contributed by atoms with van der Waals surface area (Å²) in [5.74, 6) is 0. The van der Waals surface area contributed by atoms with Crippen molar-refractivity contribution < 1.29 is 13.2 Å². The molecule has 0 aliphatic carbocycles. The zero-order valence-electron chi connectivity index (χ0n) is 12.9. The summed E-state index contributed by atoms with van der Waals surface area (Å²) in [5.41, 5.74) is 0.105. The molecule has 108 valence electrons. The number of hydrogen-bond donors (Lipinski definition) is 0. The van der Waals surface area contributed by atoms with Gasteiger partial charge in [0.1, 0.15) is 0 Å². The van der Waals surface area contributed by atoms with Crippen LogP contribution in [0.4, 0.5) is 8.78 Å². The summed E-state index contributed by atoms with van der Waals surface area (Å²) in [5, 5.41) is 0.0462. The van der Waals surface area contributed by atoms with Crippen LogP contribution in [-0.4, -0.2) is 14.4 Å². The fourth-order valence-corrected chi connectivity index (χ4v) is 2.77. The van der Waals surface area contributed by atoms with Crippen molar-refractivity contribution in [2.24, 2.45) is 0 Å². The average Bonchev–Trinajstić information content (AvgIpc) is 2.21. The third-order valence-electron chi connectivity index (χ3n) is 3.84. The first-order valence-electron chi connectivity index (χ1n) is 6.72. The van der Waals surface area contributed by atoms with Gasteiger partial charge in [-0.15, -0.1) is 0 Å². The lowest BCUT2D eigenvalue weighted by molar-refractivity contribution is 0.192. The van der Waals surface area contributed by atoms with Crippen LogP contribution in [-0.2, 0) is 4.43 Å². The van der Waals surface area contributed by atoms with E-state index in [9.17, 15) is 8.78 Å². The van der Waals surface area contributed by atoms with E-state index in [2.05, 4.69) is 40.8 Å². The minimum absolute atomic E-state index is 0.0462. The molecule has 0 aliphatic heterocycles. The highest BCUT2D eigenvalue weighted by molar-refractivity contribution is 6.74. The number of rotatable bonds is 6. The average molecular weight is 278 g/mol. The summed E-state index contributed by atoms with van der Waals surface area (Å²) in [6.07, 6.45) is 0.597. The second kappa shape index (κ2) is 6.80. The van der Waals surface area contributed by atoms with Crippen molar-refractivity contribution in [3.63, 3.8) is 0 Å². The van der Waals surface area contributed by atoms with Gasteiger partial charge in [-0.2, -0.15) is 8.78 Å². The molecule has 0 spiro atoms. The van der Waals surface area contributed by atoms with Gasteiger partial charge in [0.25, 0.3) is 6.08 Å². The standard InChI is InChI=1S/C14H28F2OSi/c1-8-9-10-12(11(2)13(15)16)17-18(6,7)14(3,4)5/h12H,8-10H2,1-7H3. The molecule has 0 aliphatic rings. The molecule has 0 saturated carbocycles. The van der Waals surface area contributed by atoms with Crippen molar-refractivity contribution in [3.05, 3.63) is 11.7 Å². The van der Waals surface area contributed by atoms with Crippen LogP contribution in [0.1, 0.15) is 53.9 Å². The zero-order valence-corrected chi connectivity index (χ0v) is 13.9. The number of hydrogen-bond acceptors (Lipinski definition) is 1. The third-order valence-corrected chi connectivity index (χ3v) is 8.33. The van der Waals surface area contributed by atoms with Crippen LogP contribution >= 0.6 is 0 Å². The van der Waals surface area contributed by atoms with Crippen molar-refractivity contribution in [2.45, 2.75) is 78.1 Å². The Morgan fingerprint density at radius 1 is 1.22 bits per heavy atom. The second-order valence-corrected chi connectivity index (χ2v) is 11.2. The van der Waals surface area contributed by atoms with E-state index in [4.69, 9.17) is 4.43 Å². The van der Waals surface area contributed by atoms with E-state index in [1.807, 2.05) is 0 Å². The largest absolute Gasteiger partial charge is 0.410 e.